The van der Waals surface area contributed by atoms with E-state index < -0.39 is 0 Å². The first-order valence-electron chi connectivity index (χ1n) is 5.87. The molecule has 0 heterocycles. The Bertz CT molecular complexity index is 363. The molecule has 0 spiro atoms. The maximum absolute atomic E-state index is 13.5. The molecular weight excluding hydrogens is 225 g/mol. The van der Waals surface area contributed by atoms with Crippen LogP contribution in [0.5, 0.6) is 0 Å². The minimum atomic E-state index is -0.270. The van der Waals surface area contributed by atoms with Crippen LogP contribution >= 0.6 is 11.6 Å². The van der Waals surface area contributed by atoms with Crippen LogP contribution in [0.1, 0.15) is 32.6 Å². The van der Waals surface area contributed by atoms with Crippen LogP contribution in [0, 0.1) is 11.7 Å². The molecule has 88 valence electrons. The van der Waals surface area contributed by atoms with Crippen molar-refractivity contribution in [2.75, 3.05) is 5.32 Å². The highest BCUT2D eigenvalue weighted by Crippen LogP contribution is 2.31. The lowest BCUT2D eigenvalue weighted by molar-refractivity contribution is 0.285. The number of anilines is 1. The molecule has 0 radical (unpaired) electrons. The van der Waals surface area contributed by atoms with Crippen molar-refractivity contribution >= 4 is 17.3 Å². The van der Waals surface area contributed by atoms with Gasteiger partial charge < -0.3 is 5.32 Å². The molecule has 16 heavy (non-hydrogen) atoms. The van der Waals surface area contributed by atoms with Crippen molar-refractivity contribution in [2.45, 2.75) is 38.6 Å². The van der Waals surface area contributed by atoms with Crippen LogP contribution in [-0.4, -0.2) is 6.04 Å². The molecule has 1 aromatic carbocycles. The van der Waals surface area contributed by atoms with Crippen molar-refractivity contribution in [3.8, 4) is 0 Å². The van der Waals surface area contributed by atoms with Gasteiger partial charge in [-0.3, -0.25) is 0 Å². The summed E-state index contributed by atoms with van der Waals surface area (Å²) in [5, 5.41) is 3.64. The maximum atomic E-state index is 13.5. The SMILES string of the molecule is CC(CC1CCC1)Nc1ccc(Cl)cc1F. The summed E-state index contributed by atoms with van der Waals surface area (Å²) in [7, 11) is 0. The molecule has 1 fully saturated rings. The Labute approximate surface area is 101 Å². The highest BCUT2D eigenvalue weighted by molar-refractivity contribution is 6.30. The molecule has 1 aliphatic carbocycles. The molecule has 0 aliphatic heterocycles. The van der Waals surface area contributed by atoms with Crippen LogP contribution in [0.15, 0.2) is 18.2 Å². The van der Waals surface area contributed by atoms with Gasteiger partial charge in [-0.1, -0.05) is 30.9 Å². The Morgan fingerprint density at radius 3 is 2.81 bits per heavy atom. The molecule has 1 unspecified atom stereocenters. The first-order chi connectivity index (χ1) is 7.65. The monoisotopic (exact) mass is 241 g/mol. The maximum Gasteiger partial charge on any atom is 0.147 e. The molecule has 0 amide bonds. The molecular formula is C13H17ClFN. The van der Waals surface area contributed by atoms with E-state index in [0.29, 0.717) is 16.8 Å². The van der Waals surface area contributed by atoms with Crippen LogP contribution in [0.2, 0.25) is 5.02 Å². The highest BCUT2D eigenvalue weighted by atomic mass is 35.5. The third-order valence-electron chi connectivity index (χ3n) is 3.24. The second-order valence-electron chi connectivity index (χ2n) is 4.70. The van der Waals surface area contributed by atoms with E-state index in [0.717, 1.165) is 12.3 Å². The van der Waals surface area contributed by atoms with E-state index in [-0.39, 0.29) is 5.82 Å². The Morgan fingerprint density at radius 1 is 1.50 bits per heavy atom. The van der Waals surface area contributed by atoms with E-state index in [1.54, 1.807) is 12.1 Å². The third-order valence-corrected chi connectivity index (χ3v) is 3.48. The summed E-state index contributed by atoms with van der Waals surface area (Å²) in [5.41, 5.74) is 0.552. The molecule has 1 N–H and O–H groups in total. The van der Waals surface area contributed by atoms with E-state index in [1.165, 1.54) is 25.3 Å². The lowest BCUT2D eigenvalue weighted by atomic mass is 9.81. The predicted molar refractivity (Wildman–Crippen MR) is 66.5 cm³/mol. The first-order valence-corrected chi connectivity index (χ1v) is 6.24. The summed E-state index contributed by atoms with van der Waals surface area (Å²) >= 11 is 5.70. The molecule has 2 rings (SSSR count). The number of hydrogen-bond donors (Lipinski definition) is 1. The zero-order valence-corrected chi connectivity index (χ0v) is 10.2. The quantitative estimate of drug-likeness (QED) is 0.820. The molecule has 0 bridgehead atoms. The fraction of sp³-hybridized carbons (Fsp3) is 0.538. The zero-order chi connectivity index (χ0) is 11.5. The Balaban J connectivity index is 1.91. The fourth-order valence-corrected chi connectivity index (χ4v) is 2.32. The van der Waals surface area contributed by atoms with Crippen molar-refractivity contribution < 1.29 is 4.39 Å². The largest absolute Gasteiger partial charge is 0.380 e. The third kappa shape index (κ3) is 2.88. The van der Waals surface area contributed by atoms with E-state index in [9.17, 15) is 4.39 Å². The molecule has 0 aromatic heterocycles. The van der Waals surface area contributed by atoms with Crippen molar-refractivity contribution in [3.05, 3.63) is 29.0 Å². The summed E-state index contributed by atoms with van der Waals surface area (Å²) in [4.78, 5) is 0. The van der Waals surface area contributed by atoms with Gasteiger partial charge in [-0.15, -0.1) is 0 Å². The van der Waals surface area contributed by atoms with Crippen LogP contribution in [0.4, 0.5) is 10.1 Å². The second-order valence-corrected chi connectivity index (χ2v) is 5.14. The minimum absolute atomic E-state index is 0.270. The molecule has 1 nitrogen and oxygen atoms in total. The van der Waals surface area contributed by atoms with Gasteiger partial charge in [-0.05, 0) is 37.5 Å². The van der Waals surface area contributed by atoms with Gasteiger partial charge in [0.1, 0.15) is 5.82 Å². The normalized spacial score (nSPS) is 17.9. The number of benzene rings is 1. The van der Waals surface area contributed by atoms with Crippen LogP contribution in [-0.2, 0) is 0 Å². The van der Waals surface area contributed by atoms with Gasteiger partial charge in [-0.25, -0.2) is 4.39 Å². The highest BCUT2D eigenvalue weighted by Gasteiger charge is 2.20. The van der Waals surface area contributed by atoms with Crippen LogP contribution in [0.3, 0.4) is 0 Å². The molecule has 0 saturated heterocycles. The summed E-state index contributed by atoms with van der Waals surface area (Å²) < 4.78 is 13.5. The predicted octanol–water partition coefficient (Wildman–Crippen LogP) is 4.47. The van der Waals surface area contributed by atoms with Crippen molar-refractivity contribution in [1.82, 2.24) is 0 Å². The topological polar surface area (TPSA) is 12.0 Å². The number of halogens is 2. The molecule has 1 saturated carbocycles. The molecule has 1 aromatic rings. The van der Waals surface area contributed by atoms with Crippen LogP contribution in [0.25, 0.3) is 0 Å². The Morgan fingerprint density at radius 2 is 2.25 bits per heavy atom. The van der Waals surface area contributed by atoms with Crippen molar-refractivity contribution in [1.29, 1.82) is 0 Å². The van der Waals surface area contributed by atoms with Gasteiger partial charge in [0.25, 0.3) is 0 Å². The average Bonchev–Trinajstić information content (AvgIpc) is 2.16. The standard InChI is InChI=1S/C13H17ClFN/c1-9(7-10-3-2-4-10)16-13-6-5-11(14)8-12(13)15/h5-6,8-10,16H,2-4,7H2,1H3. The fourth-order valence-electron chi connectivity index (χ4n) is 2.16. The molecule has 3 heteroatoms. The summed E-state index contributed by atoms with van der Waals surface area (Å²) in [6.45, 7) is 2.10. The summed E-state index contributed by atoms with van der Waals surface area (Å²) in [5.74, 6) is 0.561. The van der Waals surface area contributed by atoms with Gasteiger partial charge in [0.2, 0.25) is 0 Å². The average molecular weight is 242 g/mol. The number of hydrogen-bond acceptors (Lipinski definition) is 1. The van der Waals surface area contributed by atoms with Gasteiger partial charge in [0, 0.05) is 11.1 Å². The number of nitrogens with one attached hydrogen (secondary N) is 1. The minimum Gasteiger partial charge on any atom is -0.380 e. The second kappa shape index (κ2) is 5.05. The summed E-state index contributed by atoms with van der Waals surface area (Å²) in [6.07, 6.45) is 5.14. The van der Waals surface area contributed by atoms with Gasteiger partial charge in [0.15, 0.2) is 0 Å². The van der Waals surface area contributed by atoms with Crippen molar-refractivity contribution in [3.63, 3.8) is 0 Å². The van der Waals surface area contributed by atoms with Gasteiger partial charge in [-0.2, -0.15) is 0 Å². The zero-order valence-electron chi connectivity index (χ0n) is 9.47. The number of rotatable bonds is 4. The molecule has 1 aliphatic rings. The Kier molecular flexibility index (Phi) is 3.70. The van der Waals surface area contributed by atoms with Crippen molar-refractivity contribution in [2.24, 2.45) is 5.92 Å². The molecule has 1 atom stereocenters. The van der Waals surface area contributed by atoms with E-state index in [1.807, 2.05) is 0 Å². The van der Waals surface area contributed by atoms with E-state index in [4.69, 9.17) is 11.6 Å². The lowest BCUT2D eigenvalue weighted by Gasteiger charge is -2.29. The van der Waals surface area contributed by atoms with Gasteiger partial charge in [0.05, 0.1) is 5.69 Å². The Hall–Kier alpha value is -0.760. The smallest absolute Gasteiger partial charge is 0.147 e. The summed E-state index contributed by atoms with van der Waals surface area (Å²) in [6, 6.07) is 5.08. The van der Waals surface area contributed by atoms with E-state index >= 15 is 0 Å². The van der Waals surface area contributed by atoms with Gasteiger partial charge >= 0.3 is 0 Å². The first kappa shape index (κ1) is 11.7. The van der Waals surface area contributed by atoms with Crippen LogP contribution < -0.4 is 5.32 Å². The van der Waals surface area contributed by atoms with E-state index in [2.05, 4.69) is 12.2 Å². The lowest BCUT2D eigenvalue weighted by Crippen LogP contribution is -2.23.